The Labute approximate surface area is 69.8 Å². The minimum atomic E-state index is -2.72. The summed E-state index contributed by atoms with van der Waals surface area (Å²) in [6, 6.07) is 0. The number of alkyl halides is 1. The van der Waals surface area contributed by atoms with Crippen LogP contribution in [-0.2, 0) is 13.6 Å². The molecule has 0 saturated heterocycles. The summed E-state index contributed by atoms with van der Waals surface area (Å²) < 4.78 is 20.5. The van der Waals surface area contributed by atoms with E-state index in [4.69, 9.17) is 4.52 Å². The zero-order valence-electron chi connectivity index (χ0n) is 6.17. The first-order valence-electron chi connectivity index (χ1n) is 2.96. The van der Waals surface area contributed by atoms with Crippen LogP contribution in [0.4, 0.5) is 0 Å². The van der Waals surface area contributed by atoms with E-state index in [1.165, 1.54) is 13.8 Å². The molecule has 0 fully saturated rings. The molecule has 0 spiro atoms. The Hall–Kier alpha value is 0.630. The Kier molecular flexibility index (Phi) is 5.64. The van der Waals surface area contributed by atoms with Gasteiger partial charge >= 0.3 is 7.60 Å². The third kappa shape index (κ3) is 5.42. The summed E-state index contributed by atoms with van der Waals surface area (Å²) in [5, 5.41) is 0.858. The predicted molar refractivity (Wildman–Crippen MR) is 44.9 cm³/mol. The van der Waals surface area contributed by atoms with Gasteiger partial charge < -0.3 is 9.05 Å². The largest absolute Gasteiger partial charge is 0.327 e. The molecular formula is C5H12BrO3P. The lowest BCUT2D eigenvalue weighted by Crippen LogP contribution is -1.93. The fourth-order valence-corrected chi connectivity index (χ4v) is 1.13. The molecule has 0 rings (SSSR count). The van der Waals surface area contributed by atoms with E-state index >= 15 is 0 Å². The summed E-state index contributed by atoms with van der Waals surface area (Å²) in [6.45, 7) is 1.94. The van der Waals surface area contributed by atoms with Crippen LogP contribution in [0.1, 0.15) is 6.42 Å². The Balaban J connectivity index is 3.38. The van der Waals surface area contributed by atoms with E-state index in [9.17, 15) is 4.57 Å². The van der Waals surface area contributed by atoms with Crippen LogP contribution in [0, 0.1) is 0 Å². The molecule has 62 valence electrons. The molecule has 0 N–H and O–H groups in total. The van der Waals surface area contributed by atoms with Gasteiger partial charge in [-0.1, -0.05) is 15.9 Å². The van der Waals surface area contributed by atoms with Crippen molar-refractivity contribution in [1.82, 2.24) is 0 Å². The second kappa shape index (κ2) is 5.30. The van der Waals surface area contributed by atoms with Gasteiger partial charge in [0.25, 0.3) is 0 Å². The first kappa shape index (κ1) is 10.6. The van der Waals surface area contributed by atoms with Crippen LogP contribution < -0.4 is 0 Å². The van der Waals surface area contributed by atoms with E-state index in [1.807, 2.05) is 0 Å². The zero-order valence-corrected chi connectivity index (χ0v) is 8.65. The average molecular weight is 231 g/mol. The Morgan fingerprint density at radius 2 is 2.20 bits per heavy atom. The molecule has 0 aromatic rings. The van der Waals surface area contributed by atoms with Crippen LogP contribution in [0.5, 0.6) is 0 Å². The minimum absolute atomic E-state index is 0.479. The van der Waals surface area contributed by atoms with Crippen LogP contribution in [0.3, 0.4) is 0 Å². The lowest BCUT2D eigenvalue weighted by molar-refractivity contribution is 0.240. The molecule has 0 aromatic carbocycles. The molecule has 3 nitrogen and oxygen atoms in total. The first-order chi connectivity index (χ1) is 4.62. The van der Waals surface area contributed by atoms with Gasteiger partial charge in [-0.2, -0.15) is 0 Å². The fraction of sp³-hybridized carbons (Fsp3) is 1.00. The van der Waals surface area contributed by atoms with Crippen molar-refractivity contribution in [3.8, 4) is 0 Å². The highest BCUT2D eigenvalue weighted by Crippen LogP contribution is 2.42. The smallest absolute Gasteiger partial charge is 0.312 e. The van der Waals surface area contributed by atoms with Crippen molar-refractivity contribution in [2.45, 2.75) is 6.42 Å². The Bertz CT molecular complexity index is 128. The summed E-state index contributed by atoms with van der Waals surface area (Å²) in [5.74, 6) is 0. The van der Waals surface area contributed by atoms with Gasteiger partial charge in [-0.15, -0.1) is 0 Å². The van der Waals surface area contributed by atoms with E-state index in [-0.39, 0.29) is 0 Å². The van der Waals surface area contributed by atoms with Crippen molar-refractivity contribution in [3.05, 3.63) is 0 Å². The van der Waals surface area contributed by atoms with Crippen LogP contribution in [0.2, 0.25) is 0 Å². The number of hydrogen-bond donors (Lipinski definition) is 0. The summed E-state index contributed by atoms with van der Waals surface area (Å²) in [6.07, 6.45) is 0.848. The van der Waals surface area contributed by atoms with E-state index in [2.05, 4.69) is 20.5 Å². The van der Waals surface area contributed by atoms with Gasteiger partial charge in [0, 0.05) is 19.1 Å². The molecule has 5 heteroatoms. The van der Waals surface area contributed by atoms with Gasteiger partial charge in [-0.3, -0.25) is 4.57 Å². The summed E-state index contributed by atoms with van der Waals surface area (Å²) in [5.41, 5.74) is 0. The minimum Gasteiger partial charge on any atom is -0.312 e. The highest BCUT2D eigenvalue weighted by molar-refractivity contribution is 9.09. The monoisotopic (exact) mass is 230 g/mol. The molecule has 0 saturated carbocycles. The number of halogens is 1. The summed E-state index contributed by atoms with van der Waals surface area (Å²) in [4.78, 5) is 0. The highest BCUT2D eigenvalue weighted by atomic mass is 79.9. The summed E-state index contributed by atoms with van der Waals surface area (Å²) >= 11 is 3.23. The molecule has 10 heavy (non-hydrogen) atoms. The van der Waals surface area contributed by atoms with Crippen LogP contribution >= 0.6 is 23.5 Å². The van der Waals surface area contributed by atoms with Gasteiger partial charge in [0.05, 0.1) is 6.61 Å². The topological polar surface area (TPSA) is 35.5 Å². The van der Waals surface area contributed by atoms with Crippen molar-refractivity contribution in [1.29, 1.82) is 0 Å². The third-order valence-corrected chi connectivity index (χ3v) is 2.81. The quantitative estimate of drug-likeness (QED) is 0.413. The molecule has 1 atom stereocenters. The lowest BCUT2D eigenvalue weighted by atomic mass is 10.5. The molecule has 0 bridgehead atoms. The Morgan fingerprint density at radius 1 is 1.60 bits per heavy atom. The Morgan fingerprint density at radius 3 is 2.60 bits per heavy atom. The molecule has 0 aliphatic rings. The highest BCUT2D eigenvalue weighted by Gasteiger charge is 2.12. The number of hydrogen-bond acceptors (Lipinski definition) is 3. The van der Waals surface area contributed by atoms with Crippen molar-refractivity contribution < 1.29 is 13.6 Å². The zero-order chi connectivity index (χ0) is 8.04. The van der Waals surface area contributed by atoms with Crippen LogP contribution in [0.15, 0.2) is 0 Å². The molecule has 0 aliphatic heterocycles. The van der Waals surface area contributed by atoms with Gasteiger partial charge in [0.15, 0.2) is 0 Å². The van der Waals surface area contributed by atoms with Crippen molar-refractivity contribution in [3.63, 3.8) is 0 Å². The SMILES string of the molecule is COP(C)(=O)OCCCBr. The van der Waals surface area contributed by atoms with E-state index in [0.29, 0.717) is 6.61 Å². The lowest BCUT2D eigenvalue weighted by Gasteiger charge is -2.09. The van der Waals surface area contributed by atoms with Crippen molar-refractivity contribution in [2.24, 2.45) is 0 Å². The molecule has 0 heterocycles. The normalized spacial score (nSPS) is 16.7. The fourth-order valence-electron chi connectivity index (χ4n) is 0.338. The average Bonchev–Trinajstić information content (AvgIpc) is 1.89. The first-order valence-corrected chi connectivity index (χ1v) is 6.07. The molecule has 0 amide bonds. The van der Waals surface area contributed by atoms with Crippen LogP contribution in [0.25, 0.3) is 0 Å². The predicted octanol–water partition coefficient (Wildman–Crippen LogP) is 2.26. The van der Waals surface area contributed by atoms with Crippen LogP contribution in [-0.4, -0.2) is 25.7 Å². The molecular weight excluding hydrogens is 219 g/mol. The van der Waals surface area contributed by atoms with E-state index in [1.54, 1.807) is 0 Å². The number of rotatable bonds is 5. The van der Waals surface area contributed by atoms with E-state index < -0.39 is 7.60 Å². The third-order valence-electron chi connectivity index (χ3n) is 0.935. The van der Waals surface area contributed by atoms with Gasteiger partial charge in [-0.25, -0.2) is 0 Å². The molecule has 1 unspecified atom stereocenters. The second-order valence-electron chi connectivity index (χ2n) is 1.83. The maximum Gasteiger partial charge on any atom is 0.327 e. The second-order valence-corrected chi connectivity index (χ2v) is 4.79. The molecule has 0 radical (unpaired) electrons. The van der Waals surface area contributed by atoms with Crippen molar-refractivity contribution >= 4 is 23.5 Å². The maximum absolute atomic E-state index is 11.0. The van der Waals surface area contributed by atoms with Crippen molar-refractivity contribution in [2.75, 3.05) is 25.7 Å². The summed E-state index contributed by atoms with van der Waals surface area (Å²) in [7, 11) is -1.34. The van der Waals surface area contributed by atoms with Gasteiger partial charge in [0.2, 0.25) is 0 Å². The molecule has 0 aliphatic carbocycles. The van der Waals surface area contributed by atoms with Gasteiger partial charge in [0.1, 0.15) is 0 Å². The van der Waals surface area contributed by atoms with E-state index in [0.717, 1.165) is 11.8 Å². The standard InChI is InChI=1S/C5H12BrO3P/c1-8-10(2,7)9-5-3-4-6/h3-5H2,1-2H3. The van der Waals surface area contributed by atoms with Gasteiger partial charge in [-0.05, 0) is 6.42 Å². The molecule has 0 aromatic heterocycles. The maximum atomic E-state index is 11.0.